The number of aromatic nitrogens is 2. The molecule has 0 unspecified atom stereocenters. The smallest absolute Gasteiger partial charge is 0.108 e. The van der Waals surface area contributed by atoms with E-state index in [2.05, 4.69) is 48.1 Å². The van der Waals surface area contributed by atoms with E-state index in [1.165, 1.54) is 16.8 Å². The van der Waals surface area contributed by atoms with E-state index >= 15 is 0 Å². The molecule has 90 valence electrons. The molecule has 0 aliphatic carbocycles. The minimum atomic E-state index is 0.629. The van der Waals surface area contributed by atoms with Gasteiger partial charge >= 0.3 is 0 Å². The Morgan fingerprint density at radius 3 is 2.71 bits per heavy atom. The lowest BCUT2D eigenvalue weighted by molar-refractivity contribution is 0.885. The molecule has 0 saturated heterocycles. The second-order valence-corrected chi connectivity index (χ2v) is 4.22. The summed E-state index contributed by atoms with van der Waals surface area (Å²) in [4.78, 5) is 8.03. The van der Waals surface area contributed by atoms with Gasteiger partial charge in [0.25, 0.3) is 0 Å². The van der Waals surface area contributed by atoms with Crippen LogP contribution in [0.5, 0.6) is 0 Å². The van der Waals surface area contributed by atoms with Gasteiger partial charge in [0.1, 0.15) is 5.82 Å². The molecule has 0 saturated carbocycles. The minimum absolute atomic E-state index is 0.629. The summed E-state index contributed by atoms with van der Waals surface area (Å²) >= 11 is 0. The van der Waals surface area contributed by atoms with Crippen molar-refractivity contribution >= 4 is 0 Å². The van der Waals surface area contributed by atoms with E-state index < -0.39 is 0 Å². The standard InChI is InChI=1S/C14H19N3/c1-3-12-14(17-13(16-12)8-9-15)11-7-5-4-6-10(11)2/h4-7H,3,8-9,15H2,1-2H3,(H,16,17). The van der Waals surface area contributed by atoms with E-state index in [0.717, 1.165) is 24.4 Å². The second kappa shape index (κ2) is 5.15. The SMILES string of the molecule is CCc1[nH]c(CCN)nc1-c1ccccc1C. The van der Waals surface area contributed by atoms with Crippen molar-refractivity contribution in [3.8, 4) is 11.3 Å². The van der Waals surface area contributed by atoms with Crippen LogP contribution in [0, 0.1) is 6.92 Å². The summed E-state index contributed by atoms with van der Waals surface area (Å²) in [6.45, 7) is 4.89. The molecule has 0 spiro atoms. The Kier molecular flexibility index (Phi) is 3.59. The fourth-order valence-corrected chi connectivity index (χ4v) is 2.04. The molecule has 3 heteroatoms. The van der Waals surface area contributed by atoms with Gasteiger partial charge in [0, 0.05) is 17.7 Å². The zero-order chi connectivity index (χ0) is 12.3. The van der Waals surface area contributed by atoms with Gasteiger partial charge in [0.2, 0.25) is 0 Å². The van der Waals surface area contributed by atoms with Gasteiger partial charge in [-0.15, -0.1) is 0 Å². The lowest BCUT2D eigenvalue weighted by Crippen LogP contribution is -2.03. The molecular weight excluding hydrogens is 210 g/mol. The Bertz CT molecular complexity index is 500. The number of hydrogen-bond acceptors (Lipinski definition) is 2. The minimum Gasteiger partial charge on any atom is -0.345 e. The van der Waals surface area contributed by atoms with Crippen molar-refractivity contribution in [1.29, 1.82) is 0 Å². The summed E-state index contributed by atoms with van der Waals surface area (Å²) in [5, 5.41) is 0. The molecule has 2 rings (SSSR count). The summed E-state index contributed by atoms with van der Waals surface area (Å²) in [7, 11) is 0. The molecule has 0 amide bonds. The average molecular weight is 229 g/mol. The molecule has 0 fully saturated rings. The van der Waals surface area contributed by atoms with Crippen LogP contribution in [0.3, 0.4) is 0 Å². The maximum atomic E-state index is 5.57. The Labute approximate surface area is 102 Å². The van der Waals surface area contributed by atoms with Crippen molar-refractivity contribution in [1.82, 2.24) is 9.97 Å². The Morgan fingerprint density at radius 2 is 2.06 bits per heavy atom. The van der Waals surface area contributed by atoms with E-state index in [9.17, 15) is 0 Å². The number of benzene rings is 1. The van der Waals surface area contributed by atoms with E-state index in [-0.39, 0.29) is 0 Å². The summed E-state index contributed by atoms with van der Waals surface area (Å²) < 4.78 is 0. The Balaban J connectivity index is 2.47. The van der Waals surface area contributed by atoms with Crippen molar-refractivity contribution in [3.63, 3.8) is 0 Å². The van der Waals surface area contributed by atoms with E-state index in [0.29, 0.717) is 6.54 Å². The Morgan fingerprint density at radius 1 is 1.29 bits per heavy atom. The highest BCUT2D eigenvalue weighted by atomic mass is 14.9. The number of nitrogens with one attached hydrogen (secondary N) is 1. The number of nitrogens with two attached hydrogens (primary N) is 1. The second-order valence-electron chi connectivity index (χ2n) is 4.22. The van der Waals surface area contributed by atoms with Crippen LogP contribution in [0.15, 0.2) is 24.3 Å². The van der Waals surface area contributed by atoms with Crippen molar-refractivity contribution in [2.75, 3.05) is 6.54 Å². The predicted molar refractivity (Wildman–Crippen MR) is 70.9 cm³/mol. The zero-order valence-corrected chi connectivity index (χ0v) is 10.5. The van der Waals surface area contributed by atoms with Crippen molar-refractivity contribution < 1.29 is 0 Å². The quantitative estimate of drug-likeness (QED) is 0.846. The highest BCUT2D eigenvalue weighted by Crippen LogP contribution is 2.25. The van der Waals surface area contributed by atoms with Gasteiger partial charge in [-0.1, -0.05) is 31.2 Å². The van der Waals surface area contributed by atoms with Crippen LogP contribution in [0.4, 0.5) is 0 Å². The number of imidazole rings is 1. The molecule has 3 nitrogen and oxygen atoms in total. The van der Waals surface area contributed by atoms with Crippen molar-refractivity contribution in [2.24, 2.45) is 5.73 Å². The molecule has 1 heterocycles. The highest BCUT2D eigenvalue weighted by molar-refractivity contribution is 5.65. The number of H-pyrrole nitrogens is 1. The van der Waals surface area contributed by atoms with Gasteiger partial charge in [-0.3, -0.25) is 0 Å². The summed E-state index contributed by atoms with van der Waals surface area (Å²) in [6.07, 6.45) is 1.76. The lowest BCUT2D eigenvalue weighted by Gasteiger charge is -2.03. The molecule has 0 radical (unpaired) electrons. The molecule has 1 aromatic heterocycles. The van der Waals surface area contributed by atoms with Gasteiger partial charge in [-0.2, -0.15) is 0 Å². The van der Waals surface area contributed by atoms with Crippen LogP contribution < -0.4 is 5.73 Å². The first-order valence-electron chi connectivity index (χ1n) is 6.10. The maximum Gasteiger partial charge on any atom is 0.108 e. The van der Waals surface area contributed by atoms with Gasteiger partial charge < -0.3 is 10.7 Å². The normalized spacial score (nSPS) is 10.8. The van der Waals surface area contributed by atoms with E-state index in [4.69, 9.17) is 5.73 Å². The number of aryl methyl sites for hydroxylation is 2. The van der Waals surface area contributed by atoms with Crippen LogP contribution >= 0.6 is 0 Å². The first-order chi connectivity index (χ1) is 8.26. The predicted octanol–water partition coefficient (Wildman–Crippen LogP) is 2.45. The molecule has 0 aliphatic rings. The van der Waals surface area contributed by atoms with Crippen molar-refractivity contribution in [2.45, 2.75) is 26.7 Å². The number of rotatable bonds is 4. The van der Waals surface area contributed by atoms with Crippen LogP contribution in [-0.2, 0) is 12.8 Å². The number of aromatic amines is 1. The zero-order valence-electron chi connectivity index (χ0n) is 10.5. The summed E-state index contributed by atoms with van der Waals surface area (Å²) in [5.74, 6) is 0.989. The van der Waals surface area contributed by atoms with Gasteiger partial charge in [-0.25, -0.2) is 4.98 Å². The first-order valence-corrected chi connectivity index (χ1v) is 6.10. The largest absolute Gasteiger partial charge is 0.345 e. The third-order valence-corrected chi connectivity index (χ3v) is 2.96. The molecular formula is C14H19N3. The lowest BCUT2D eigenvalue weighted by atomic mass is 10.0. The highest BCUT2D eigenvalue weighted by Gasteiger charge is 2.11. The van der Waals surface area contributed by atoms with Crippen LogP contribution in [-0.4, -0.2) is 16.5 Å². The number of hydrogen-bond donors (Lipinski definition) is 2. The molecule has 0 bridgehead atoms. The molecule has 3 N–H and O–H groups in total. The van der Waals surface area contributed by atoms with Crippen LogP contribution in [0.1, 0.15) is 24.0 Å². The maximum absolute atomic E-state index is 5.57. The summed E-state index contributed by atoms with van der Waals surface area (Å²) in [5.41, 5.74) is 10.3. The third kappa shape index (κ3) is 2.39. The fourth-order valence-electron chi connectivity index (χ4n) is 2.04. The molecule has 17 heavy (non-hydrogen) atoms. The average Bonchev–Trinajstić information content (AvgIpc) is 2.73. The topological polar surface area (TPSA) is 54.7 Å². The van der Waals surface area contributed by atoms with E-state index in [1.54, 1.807) is 0 Å². The summed E-state index contributed by atoms with van der Waals surface area (Å²) in [6, 6.07) is 8.35. The first kappa shape index (κ1) is 11.9. The van der Waals surface area contributed by atoms with Gasteiger partial charge in [0.15, 0.2) is 0 Å². The molecule has 0 atom stereocenters. The molecule has 1 aromatic carbocycles. The third-order valence-electron chi connectivity index (χ3n) is 2.96. The van der Waals surface area contributed by atoms with E-state index in [1.807, 2.05) is 0 Å². The fraction of sp³-hybridized carbons (Fsp3) is 0.357. The molecule has 2 aromatic rings. The van der Waals surface area contributed by atoms with Crippen molar-refractivity contribution in [3.05, 3.63) is 41.3 Å². The van der Waals surface area contributed by atoms with Crippen LogP contribution in [0.25, 0.3) is 11.3 Å². The van der Waals surface area contributed by atoms with Gasteiger partial charge in [-0.05, 0) is 25.5 Å². The molecule has 0 aliphatic heterocycles. The van der Waals surface area contributed by atoms with Crippen LogP contribution in [0.2, 0.25) is 0 Å². The Hall–Kier alpha value is -1.61. The number of nitrogens with zero attached hydrogens (tertiary/aromatic N) is 1. The van der Waals surface area contributed by atoms with Gasteiger partial charge in [0.05, 0.1) is 5.69 Å². The monoisotopic (exact) mass is 229 g/mol.